The van der Waals surface area contributed by atoms with Crippen LogP contribution in [0.2, 0.25) is 0 Å². The van der Waals surface area contributed by atoms with Crippen molar-refractivity contribution in [1.82, 2.24) is 14.5 Å². The first-order chi connectivity index (χ1) is 13.6. The number of hydrogen-bond acceptors (Lipinski definition) is 4. The summed E-state index contributed by atoms with van der Waals surface area (Å²) in [6.45, 7) is 1.00. The highest BCUT2D eigenvalue weighted by Crippen LogP contribution is 2.22. The van der Waals surface area contributed by atoms with Crippen LogP contribution in [0.4, 0.5) is 0 Å². The number of aryl methyl sites for hydroxylation is 1. The van der Waals surface area contributed by atoms with Crippen molar-refractivity contribution in [3.8, 4) is 5.69 Å². The first-order valence-electron chi connectivity index (χ1n) is 9.34. The Kier molecular flexibility index (Phi) is 5.08. The molecule has 3 aromatic rings. The number of carbonyl (C=O) groups excluding carboxylic acids is 2. The number of carbonyl (C=O) groups is 2. The minimum absolute atomic E-state index is 0.0267. The first kappa shape index (κ1) is 18.2. The van der Waals surface area contributed by atoms with Gasteiger partial charge in [0.2, 0.25) is 11.8 Å². The van der Waals surface area contributed by atoms with Crippen LogP contribution in [0.25, 0.3) is 16.7 Å². The van der Waals surface area contributed by atoms with E-state index < -0.39 is 12.0 Å². The standard InChI is InChI=1S/C21H22N4O3/c22-21(27)18-14-24(12-13-28-18)20(26)11-10-19-23-16-8-4-5-9-17(16)25(19)15-6-2-1-3-7-15/h1-9,18H,10-14H2,(H2,22,27). The Hall–Kier alpha value is -3.19. The second-order valence-corrected chi connectivity index (χ2v) is 6.79. The lowest BCUT2D eigenvalue weighted by Crippen LogP contribution is -2.50. The third-order valence-corrected chi connectivity index (χ3v) is 4.94. The van der Waals surface area contributed by atoms with Crippen LogP contribution in [0.1, 0.15) is 12.2 Å². The van der Waals surface area contributed by atoms with Crippen molar-refractivity contribution in [3.05, 3.63) is 60.4 Å². The molecule has 0 radical (unpaired) electrons. The van der Waals surface area contributed by atoms with E-state index >= 15 is 0 Å². The molecule has 7 nitrogen and oxygen atoms in total. The number of morpholine rings is 1. The number of hydrogen-bond donors (Lipinski definition) is 1. The maximum absolute atomic E-state index is 12.7. The number of para-hydroxylation sites is 3. The van der Waals surface area contributed by atoms with Gasteiger partial charge >= 0.3 is 0 Å². The van der Waals surface area contributed by atoms with E-state index in [1.807, 2.05) is 54.6 Å². The summed E-state index contributed by atoms with van der Waals surface area (Å²) in [5.41, 5.74) is 8.23. The molecule has 1 atom stereocenters. The Morgan fingerprint density at radius 1 is 1.11 bits per heavy atom. The fourth-order valence-electron chi connectivity index (χ4n) is 3.53. The Labute approximate surface area is 162 Å². The van der Waals surface area contributed by atoms with Crippen molar-refractivity contribution < 1.29 is 14.3 Å². The second kappa shape index (κ2) is 7.82. The van der Waals surface area contributed by atoms with Crippen molar-refractivity contribution in [2.75, 3.05) is 19.7 Å². The molecule has 0 saturated carbocycles. The minimum atomic E-state index is -0.730. The number of nitrogens with two attached hydrogens (primary N) is 1. The highest BCUT2D eigenvalue weighted by molar-refractivity contribution is 5.82. The number of imidazole rings is 1. The number of fused-ring (bicyclic) bond motifs is 1. The quantitative estimate of drug-likeness (QED) is 0.731. The highest BCUT2D eigenvalue weighted by atomic mass is 16.5. The molecule has 1 aromatic heterocycles. The molecule has 1 aliphatic rings. The zero-order valence-electron chi connectivity index (χ0n) is 15.5. The smallest absolute Gasteiger partial charge is 0.248 e. The molecular weight excluding hydrogens is 356 g/mol. The lowest BCUT2D eigenvalue weighted by molar-refractivity contribution is -0.145. The third-order valence-electron chi connectivity index (χ3n) is 4.94. The molecule has 1 fully saturated rings. The van der Waals surface area contributed by atoms with E-state index in [2.05, 4.69) is 4.57 Å². The number of aromatic nitrogens is 2. The molecule has 144 valence electrons. The molecule has 2 aromatic carbocycles. The minimum Gasteiger partial charge on any atom is -0.367 e. The maximum atomic E-state index is 12.7. The summed E-state index contributed by atoms with van der Waals surface area (Å²) in [5, 5.41) is 0. The average molecular weight is 378 g/mol. The largest absolute Gasteiger partial charge is 0.367 e. The maximum Gasteiger partial charge on any atom is 0.248 e. The average Bonchev–Trinajstić information content (AvgIpc) is 3.11. The SMILES string of the molecule is NC(=O)C1CN(C(=O)CCc2nc3ccccc3n2-c2ccccc2)CCO1. The lowest BCUT2D eigenvalue weighted by atomic mass is 10.2. The molecule has 2 N–H and O–H groups in total. The van der Waals surface area contributed by atoms with Gasteiger partial charge in [-0.2, -0.15) is 0 Å². The van der Waals surface area contributed by atoms with Gasteiger partial charge in [0, 0.05) is 25.1 Å². The van der Waals surface area contributed by atoms with Gasteiger partial charge in [-0.05, 0) is 24.3 Å². The van der Waals surface area contributed by atoms with E-state index in [4.69, 9.17) is 15.5 Å². The normalized spacial score (nSPS) is 17.0. The van der Waals surface area contributed by atoms with Crippen molar-refractivity contribution in [2.24, 2.45) is 5.73 Å². The summed E-state index contributed by atoms with van der Waals surface area (Å²) < 4.78 is 7.41. The van der Waals surface area contributed by atoms with Gasteiger partial charge in [0.15, 0.2) is 6.10 Å². The summed E-state index contributed by atoms with van der Waals surface area (Å²) in [6.07, 6.45) is 0.0782. The monoisotopic (exact) mass is 378 g/mol. The van der Waals surface area contributed by atoms with Crippen molar-refractivity contribution in [1.29, 1.82) is 0 Å². The van der Waals surface area contributed by atoms with Crippen LogP contribution in [0.3, 0.4) is 0 Å². The predicted molar refractivity (Wildman–Crippen MR) is 105 cm³/mol. The predicted octanol–water partition coefficient (Wildman–Crippen LogP) is 1.67. The van der Waals surface area contributed by atoms with Gasteiger partial charge in [0.05, 0.1) is 24.2 Å². The topological polar surface area (TPSA) is 90.5 Å². The molecule has 0 aliphatic carbocycles. The Morgan fingerprint density at radius 3 is 2.64 bits per heavy atom. The van der Waals surface area contributed by atoms with Gasteiger partial charge in [-0.1, -0.05) is 30.3 Å². The zero-order valence-corrected chi connectivity index (χ0v) is 15.5. The summed E-state index contributed by atoms with van der Waals surface area (Å²) >= 11 is 0. The molecule has 0 bridgehead atoms. The van der Waals surface area contributed by atoms with Crippen molar-refractivity contribution in [2.45, 2.75) is 18.9 Å². The molecule has 2 amide bonds. The van der Waals surface area contributed by atoms with E-state index in [0.717, 1.165) is 22.5 Å². The highest BCUT2D eigenvalue weighted by Gasteiger charge is 2.27. The molecule has 4 rings (SSSR count). The fraction of sp³-hybridized carbons (Fsp3) is 0.286. The number of amides is 2. The molecule has 1 unspecified atom stereocenters. The van der Waals surface area contributed by atoms with Crippen LogP contribution in [-0.2, 0) is 20.7 Å². The number of benzene rings is 2. The molecule has 0 spiro atoms. The van der Waals surface area contributed by atoms with Gasteiger partial charge in [-0.3, -0.25) is 14.2 Å². The van der Waals surface area contributed by atoms with Crippen LogP contribution >= 0.6 is 0 Å². The first-order valence-corrected chi connectivity index (χ1v) is 9.34. The summed E-state index contributed by atoms with van der Waals surface area (Å²) in [4.78, 5) is 30.4. The third kappa shape index (κ3) is 3.61. The number of primary amides is 1. The van der Waals surface area contributed by atoms with Crippen LogP contribution in [0, 0.1) is 0 Å². The van der Waals surface area contributed by atoms with Gasteiger partial charge in [-0.15, -0.1) is 0 Å². The van der Waals surface area contributed by atoms with Gasteiger partial charge < -0.3 is 15.4 Å². The molecule has 1 saturated heterocycles. The van der Waals surface area contributed by atoms with Crippen LogP contribution < -0.4 is 5.73 Å². The fourth-order valence-corrected chi connectivity index (χ4v) is 3.53. The zero-order chi connectivity index (χ0) is 19.5. The van der Waals surface area contributed by atoms with Gasteiger partial charge in [-0.25, -0.2) is 4.98 Å². The van der Waals surface area contributed by atoms with Crippen molar-refractivity contribution >= 4 is 22.8 Å². The van der Waals surface area contributed by atoms with Crippen LogP contribution in [0.5, 0.6) is 0 Å². The lowest BCUT2D eigenvalue weighted by Gasteiger charge is -2.31. The Bertz CT molecular complexity index is 999. The summed E-state index contributed by atoms with van der Waals surface area (Å²) in [6, 6.07) is 17.9. The van der Waals surface area contributed by atoms with E-state index in [9.17, 15) is 9.59 Å². The molecule has 7 heteroatoms. The summed E-state index contributed by atoms with van der Waals surface area (Å²) in [7, 11) is 0. The molecule has 28 heavy (non-hydrogen) atoms. The van der Waals surface area contributed by atoms with Gasteiger partial charge in [0.25, 0.3) is 0 Å². The molecular formula is C21H22N4O3. The summed E-state index contributed by atoms with van der Waals surface area (Å²) in [5.74, 6) is 0.269. The van der Waals surface area contributed by atoms with E-state index in [-0.39, 0.29) is 12.5 Å². The number of rotatable bonds is 5. The van der Waals surface area contributed by atoms with Crippen molar-refractivity contribution in [3.63, 3.8) is 0 Å². The van der Waals surface area contributed by atoms with E-state index in [0.29, 0.717) is 26.0 Å². The Balaban J connectivity index is 1.55. The second-order valence-electron chi connectivity index (χ2n) is 6.79. The van der Waals surface area contributed by atoms with Gasteiger partial charge in [0.1, 0.15) is 5.82 Å². The molecule has 1 aliphatic heterocycles. The van der Waals surface area contributed by atoms with Crippen LogP contribution in [-0.4, -0.2) is 52.1 Å². The number of ether oxygens (including phenoxy) is 1. The Morgan fingerprint density at radius 2 is 1.86 bits per heavy atom. The number of nitrogens with zero attached hydrogens (tertiary/aromatic N) is 3. The van der Waals surface area contributed by atoms with E-state index in [1.165, 1.54) is 0 Å². The molecule has 2 heterocycles. The van der Waals surface area contributed by atoms with E-state index in [1.54, 1.807) is 4.90 Å². The van der Waals surface area contributed by atoms with Crippen LogP contribution in [0.15, 0.2) is 54.6 Å².